The topological polar surface area (TPSA) is 25.8 Å². The van der Waals surface area contributed by atoms with Crippen LogP contribution in [0.2, 0.25) is 0 Å². The summed E-state index contributed by atoms with van der Waals surface area (Å²) in [5.74, 6) is 0. The Balaban J connectivity index is 1.88. The molecule has 0 fully saturated rings. The first-order valence-electron chi connectivity index (χ1n) is 6.40. The van der Waals surface area contributed by atoms with Gasteiger partial charge >= 0.3 is 0 Å². The van der Waals surface area contributed by atoms with Crippen LogP contribution in [-0.2, 0) is 12.8 Å². The number of aryl methyl sites for hydroxylation is 2. The van der Waals surface area contributed by atoms with Crippen LogP contribution in [0.15, 0.2) is 48.8 Å². The van der Waals surface area contributed by atoms with Gasteiger partial charge in [0, 0.05) is 28.4 Å². The first-order chi connectivity index (χ1) is 9.42. The summed E-state index contributed by atoms with van der Waals surface area (Å²) in [6.07, 6.45) is 5.88. The molecule has 0 saturated heterocycles. The minimum atomic E-state index is 1.10. The largest absolute Gasteiger partial charge is 0.265 e. The van der Waals surface area contributed by atoms with E-state index in [4.69, 9.17) is 4.98 Å². The molecule has 0 bridgehead atoms. The lowest BCUT2D eigenvalue weighted by Gasteiger charge is -2.13. The van der Waals surface area contributed by atoms with Crippen LogP contribution < -0.4 is 0 Å². The molecule has 92 valence electrons. The van der Waals surface area contributed by atoms with E-state index in [0.29, 0.717) is 0 Å². The average Bonchev–Trinajstić information content (AvgIpc) is 2.93. The molecule has 4 rings (SSSR count). The molecule has 2 heterocycles. The third-order valence-corrected chi connectivity index (χ3v) is 4.68. The molecule has 1 aromatic carbocycles. The van der Waals surface area contributed by atoms with E-state index in [-0.39, 0.29) is 0 Å². The highest BCUT2D eigenvalue weighted by molar-refractivity contribution is 7.15. The van der Waals surface area contributed by atoms with Gasteiger partial charge in [-0.1, -0.05) is 24.3 Å². The number of thiazole rings is 1. The number of hydrogen-bond acceptors (Lipinski definition) is 3. The molecule has 3 heteroatoms. The summed E-state index contributed by atoms with van der Waals surface area (Å²) in [4.78, 5) is 10.3. The van der Waals surface area contributed by atoms with Gasteiger partial charge in [-0.15, -0.1) is 11.3 Å². The quantitative estimate of drug-likeness (QED) is 0.664. The Morgan fingerprint density at radius 2 is 1.79 bits per heavy atom. The van der Waals surface area contributed by atoms with Crippen molar-refractivity contribution >= 4 is 11.3 Å². The second-order valence-electron chi connectivity index (χ2n) is 4.68. The van der Waals surface area contributed by atoms with Crippen LogP contribution in [0.4, 0.5) is 0 Å². The van der Waals surface area contributed by atoms with Gasteiger partial charge in [0.05, 0.1) is 5.69 Å². The van der Waals surface area contributed by atoms with E-state index in [1.54, 1.807) is 0 Å². The molecule has 0 spiro atoms. The summed E-state index contributed by atoms with van der Waals surface area (Å²) in [5.41, 5.74) is 5.06. The molecule has 0 unspecified atom stereocenters. The van der Waals surface area contributed by atoms with Crippen LogP contribution in [0.3, 0.4) is 0 Å². The molecule has 0 radical (unpaired) electrons. The molecule has 2 nitrogen and oxygen atoms in total. The minimum Gasteiger partial charge on any atom is -0.265 e. The van der Waals surface area contributed by atoms with Crippen LogP contribution in [0, 0.1) is 0 Å². The van der Waals surface area contributed by atoms with E-state index in [1.165, 1.54) is 21.7 Å². The van der Waals surface area contributed by atoms with E-state index in [9.17, 15) is 0 Å². The maximum Gasteiger partial charge on any atom is 0.124 e. The van der Waals surface area contributed by atoms with Gasteiger partial charge in [-0.25, -0.2) is 4.98 Å². The van der Waals surface area contributed by atoms with Gasteiger partial charge < -0.3 is 0 Å². The third-order valence-electron chi connectivity index (χ3n) is 3.52. The second-order valence-corrected chi connectivity index (χ2v) is 5.77. The number of benzene rings is 1. The summed E-state index contributed by atoms with van der Waals surface area (Å²) < 4.78 is 0. The van der Waals surface area contributed by atoms with Crippen molar-refractivity contribution in [3.05, 3.63) is 59.2 Å². The summed E-state index contributed by atoms with van der Waals surface area (Å²) in [6, 6.07) is 12.7. The molecule has 2 aromatic heterocycles. The Labute approximate surface area is 115 Å². The molecule has 0 atom stereocenters. The van der Waals surface area contributed by atoms with Crippen molar-refractivity contribution in [3.63, 3.8) is 0 Å². The number of aromatic nitrogens is 2. The van der Waals surface area contributed by atoms with E-state index in [1.807, 2.05) is 35.9 Å². The maximum absolute atomic E-state index is 4.85. The Kier molecular flexibility index (Phi) is 2.45. The fourth-order valence-corrected chi connectivity index (χ4v) is 3.65. The van der Waals surface area contributed by atoms with Crippen molar-refractivity contribution in [2.45, 2.75) is 12.8 Å². The Morgan fingerprint density at radius 1 is 0.947 bits per heavy atom. The second kappa shape index (κ2) is 4.28. The Bertz CT molecular complexity index is 732. The molecule has 19 heavy (non-hydrogen) atoms. The maximum atomic E-state index is 4.85. The van der Waals surface area contributed by atoms with Gasteiger partial charge in [-0.2, -0.15) is 0 Å². The van der Waals surface area contributed by atoms with Crippen molar-refractivity contribution in [2.24, 2.45) is 0 Å². The van der Waals surface area contributed by atoms with Crippen LogP contribution in [0.5, 0.6) is 0 Å². The van der Waals surface area contributed by atoms with Crippen molar-refractivity contribution in [2.75, 3.05) is 0 Å². The highest BCUT2D eigenvalue weighted by Gasteiger charge is 2.20. The lowest BCUT2D eigenvalue weighted by Crippen LogP contribution is -2.01. The average molecular weight is 264 g/mol. The number of nitrogens with zero attached hydrogens (tertiary/aromatic N) is 2. The molecule has 3 aromatic rings. The van der Waals surface area contributed by atoms with E-state index >= 15 is 0 Å². The number of rotatable bonds is 1. The van der Waals surface area contributed by atoms with Crippen molar-refractivity contribution in [3.8, 4) is 21.8 Å². The SMILES string of the molecule is c1ccc2c(c1)CCc1sc(-c3ccncc3)nc1-2. The predicted molar refractivity (Wildman–Crippen MR) is 78.2 cm³/mol. The van der Waals surface area contributed by atoms with Crippen LogP contribution >= 0.6 is 11.3 Å². The minimum absolute atomic E-state index is 1.10. The summed E-state index contributed by atoms with van der Waals surface area (Å²) in [7, 11) is 0. The standard InChI is InChI=1S/C16H12N2S/c1-2-4-13-11(3-1)5-6-14-15(13)18-16(19-14)12-7-9-17-10-8-12/h1-4,7-10H,5-6H2. The van der Waals surface area contributed by atoms with Crippen LogP contribution in [0.25, 0.3) is 21.8 Å². The van der Waals surface area contributed by atoms with E-state index in [2.05, 4.69) is 29.2 Å². The molecular weight excluding hydrogens is 252 g/mol. The Morgan fingerprint density at radius 3 is 2.68 bits per heavy atom. The van der Waals surface area contributed by atoms with E-state index in [0.717, 1.165) is 23.4 Å². The molecule has 0 amide bonds. The first-order valence-corrected chi connectivity index (χ1v) is 7.22. The molecule has 0 saturated carbocycles. The highest BCUT2D eigenvalue weighted by atomic mass is 32.1. The van der Waals surface area contributed by atoms with Crippen molar-refractivity contribution in [1.29, 1.82) is 0 Å². The Hall–Kier alpha value is -2.00. The van der Waals surface area contributed by atoms with Crippen LogP contribution in [-0.4, -0.2) is 9.97 Å². The zero-order chi connectivity index (χ0) is 12.7. The lowest BCUT2D eigenvalue weighted by molar-refractivity contribution is 0.955. The van der Waals surface area contributed by atoms with Gasteiger partial charge in [-0.05, 0) is 30.5 Å². The summed E-state index contributed by atoms with van der Waals surface area (Å²) in [5, 5.41) is 1.10. The van der Waals surface area contributed by atoms with Crippen molar-refractivity contribution < 1.29 is 0 Å². The number of hydrogen-bond donors (Lipinski definition) is 0. The fourth-order valence-electron chi connectivity index (χ4n) is 2.57. The lowest BCUT2D eigenvalue weighted by atomic mass is 9.94. The third kappa shape index (κ3) is 1.78. The van der Waals surface area contributed by atoms with E-state index < -0.39 is 0 Å². The molecular formula is C16H12N2S. The van der Waals surface area contributed by atoms with Crippen molar-refractivity contribution in [1.82, 2.24) is 9.97 Å². The molecule has 0 aliphatic heterocycles. The highest BCUT2D eigenvalue weighted by Crippen LogP contribution is 2.39. The molecule has 0 N–H and O–H groups in total. The number of fused-ring (bicyclic) bond motifs is 3. The van der Waals surface area contributed by atoms with Gasteiger partial charge in [0.1, 0.15) is 5.01 Å². The van der Waals surface area contributed by atoms with Gasteiger partial charge in [0.2, 0.25) is 0 Å². The predicted octanol–water partition coefficient (Wildman–Crippen LogP) is 3.97. The normalized spacial score (nSPS) is 12.8. The number of pyridine rings is 1. The zero-order valence-electron chi connectivity index (χ0n) is 10.3. The first kappa shape index (κ1) is 10.9. The summed E-state index contributed by atoms with van der Waals surface area (Å²) in [6.45, 7) is 0. The summed E-state index contributed by atoms with van der Waals surface area (Å²) >= 11 is 1.81. The molecule has 1 aliphatic carbocycles. The zero-order valence-corrected chi connectivity index (χ0v) is 11.2. The smallest absolute Gasteiger partial charge is 0.124 e. The fraction of sp³-hybridized carbons (Fsp3) is 0.125. The monoisotopic (exact) mass is 264 g/mol. The van der Waals surface area contributed by atoms with Gasteiger partial charge in [0.15, 0.2) is 0 Å². The molecule has 1 aliphatic rings. The van der Waals surface area contributed by atoms with Crippen LogP contribution in [0.1, 0.15) is 10.4 Å². The van der Waals surface area contributed by atoms with Gasteiger partial charge in [0.25, 0.3) is 0 Å². The van der Waals surface area contributed by atoms with Gasteiger partial charge in [-0.3, -0.25) is 4.98 Å².